The van der Waals surface area contributed by atoms with E-state index in [9.17, 15) is 0 Å². The summed E-state index contributed by atoms with van der Waals surface area (Å²) in [5.74, 6) is 1.50. The van der Waals surface area contributed by atoms with E-state index in [4.69, 9.17) is 5.73 Å². The monoisotopic (exact) mass is 344 g/mol. The molecule has 3 heterocycles. The molecule has 0 aliphatic carbocycles. The van der Waals surface area contributed by atoms with Crippen LogP contribution in [-0.2, 0) is 13.1 Å². The van der Waals surface area contributed by atoms with Crippen LogP contribution in [0.4, 0.5) is 0 Å². The van der Waals surface area contributed by atoms with Gasteiger partial charge in [-0.2, -0.15) is 5.10 Å². The average Bonchev–Trinajstić information content (AvgIpc) is 3.01. The fourth-order valence-corrected chi connectivity index (χ4v) is 3.05. The molecule has 106 valence electrons. The molecule has 0 fully saturated rings. The highest BCUT2D eigenvalue weighted by Gasteiger charge is 2.23. The summed E-state index contributed by atoms with van der Waals surface area (Å²) in [6, 6.07) is 6.14. The predicted molar refractivity (Wildman–Crippen MR) is 82.0 cm³/mol. The summed E-state index contributed by atoms with van der Waals surface area (Å²) in [6.45, 7) is 2.98. The van der Waals surface area contributed by atoms with Gasteiger partial charge in [0.15, 0.2) is 11.6 Å². The van der Waals surface area contributed by atoms with Gasteiger partial charge in [-0.15, -0.1) is 0 Å². The molecule has 0 radical (unpaired) electrons. The average molecular weight is 345 g/mol. The lowest BCUT2D eigenvalue weighted by Gasteiger charge is -2.08. The van der Waals surface area contributed by atoms with Crippen LogP contribution in [0.1, 0.15) is 17.2 Å². The van der Waals surface area contributed by atoms with Crippen molar-refractivity contribution in [3.63, 3.8) is 0 Å². The number of nitrogens with two attached hydrogens (primary N) is 1. The Hall–Kier alpha value is -1.99. The molecule has 7 heteroatoms. The zero-order valence-corrected chi connectivity index (χ0v) is 13.0. The minimum atomic E-state index is 0.335. The lowest BCUT2D eigenvalue weighted by Crippen LogP contribution is -2.07. The molecule has 21 heavy (non-hydrogen) atoms. The van der Waals surface area contributed by atoms with Gasteiger partial charge in [0.2, 0.25) is 0 Å². The van der Waals surface area contributed by atoms with Crippen LogP contribution in [0, 0.1) is 6.92 Å². The number of halogens is 1. The summed E-state index contributed by atoms with van der Waals surface area (Å²) in [5.41, 5.74) is 9.89. The Morgan fingerprint density at radius 2 is 2.24 bits per heavy atom. The Bertz CT molecular complexity index is 847. The normalized spacial score (nSPS) is 12.5. The maximum Gasteiger partial charge on any atom is 0.164 e. The van der Waals surface area contributed by atoms with Gasteiger partial charge in [0, 0.05) is 10.0 Å². The van der Waals surface area contributed by atoms with E-state index in [1.165, 1.54) is 0 Å². The Labute approximate surface area is 129 Å². The molecule has 0 atom stereocenters. The number of fused-ring (bicyclic) bond motifs is 5. The number of nitrogens with zero attached hydrogens (tertiary/aromatic N) is 5. The Kier molecular flexibility index (Phi) is 2.73. The number of aryl methyl sites for hydroxylation is 1. The number of rotatable bonds is 1. The van der Waals surface area contributed by atoms with Gasteiger partial charge < -0.3 is 10.3 Å². The maximum absolute atomic E-state index is 5.69. The first-order valence-corrected chi connectivity index (χ1v) is 7.43. The highest BCUT2D eigenvalue weighted by atomic mass is 79.9. The summed E-state index contributed by atoms with van der Waals surface area (Å²) in [6.07, 6.45) is 1.85. The zero-order chi connectivity index (χ0) is 14.6. The number of benzene rings is 1. The molecule has 0 saturated heterocycles. The van der Waals surface area contributed by atoms with Crippen molar-refractivity contribution in [1.29, 1.82) is 0 Å². The van der Waals surface area contributed by atoms with Crippen molar-refractivity contribution in [2.24, 2.45) is 5.73 Å². The largest absolute Gasteiger partial charge is 0.324 e. The smallest absolute Gasteiger partial charge is 0.164 e. The summed E-state index contributed by atoms with van der Waals surface area (Å²) >= 11 is 3.53. The van der Waals surface area contributed by atoms with Crippen molar-refractivity contribution in [1.82, 2.24) is 24.3 Å². The van der Waals surface area contributed by atoms with Gasteiger partial charge in [0.25, 0.3) is 0 Å². The van der Waals surface area contributed by atoms with Gasteiger partial charge in [-0.3, -0.25) is 0 Å². The van der Waals surface area contributed by atoms with Crippen molar-refractivity contribution in [2.75, 3.05) is 0 Å². The number of imidazole rings is 1. The van der Waals surface area contributed by atoms with Crippen LogP contribution in [0.2, 0.25) is 0 Å². The third-order valence-electron chi connectivity index (χ3n) is 3.73. The minimum Gasteiger partial charge on any atom is -0.324 e. The predicted octanol–water partition coefficient (Wildman–Crippen LogP) is 2.02. The summed E-state index contributed by atoms with van der Waals surface area (Å²) < 4.78 is 5.02. The zero-order valence-electron chi connectivity index (χ0n) is 11.4. The van der Waals surface area contributed by atoms with Crippen molar-refractivity contribution < 1.29 is 0 Å². The summed E-state index contributed by atoms with van der Waals surface area (Å²) in [7, 11) is 0. The second-order valence-corrected chi connectivity index (χ2v) is 5.94. The van der Waals surface area contributed by atoms with Crippen molar-refractivity contribution in [3.05, 3.63) is 46.2 Å². The SMILES string of the molecule is Cc1ncn2c1Cn1nc(CN)nc1-c1cc(Br)ccc1-2. The van der Waals surface area contributed by atoms with Crippen LogP contribution < -0.4 is 5.73 Å². The quantitative estimate of drug-likeness (QED) is 0.573. The van der Waals surface area contributed by atoms with Crippen LogP contribution in [0.5, 0.6) is 0 Å². The van der Waals surface area contributed by atoms with E-state index >= 15 is 0 Å². The molecular formula is C14H13BrN6. The van der Waals surface area contributed by atoms with E-state index < -0.39 is 0 Å². The highest BCUT2D eigenvalue weighted by molar-refractivity contribution is 9.10. The fraction of sp³-hybridized carbons (Fsp3) is 0.214. The molecule has 1 aliphatic heterocycles. The van der Waals surface area contributed by atoms with Crippen molar-refractivity contribution >= 4 is 15.9 Å². The van der Waals surface area contributed by atoms with E-state index in [0.717, 1.165) is 32.9 Å². The van der Waals surface area contributed by atoms with Crippen molar-refractivity contribution in [3.8, 4) is 17.1 Å². The molecule has 0 amide bonds. The molecule has 0 spiro atoms. The fourth-order valence-electron chi connectivity index (χ4n) is 2.69. The molecule has 1 aliphatic rings. The summed E-state index contributed by atoms with van der Waals surface area (Å²) in [4.78, 5) is 9.00. The number of aromatic nitrogens is 5. The first-order chi connectivity index (χ1) is 10.2. The standard InChI is InChI=1S/C14H13BrN6/c1-8-12-6-21-14(18-13(5-16)19-21)10-4-9(15)2-3-11(10)20(12)7-17-8/h2-4,7H,5-6,16H2,1H3. The molecule has 1 aromatic carbocycles. The Balaban J connectivity index is 2.08. The number of hydrogen-bond acceptors (Lipinski definition) is 4. The molecular weight excluding hydrogens is 332 g/mol. The first-order valence-electron chi connectivity index (χ1n) is 6.64. The minimum absolute atomic E-state index is 0.335. The van der Waals surface area contributed by atoms with Crippen molar-refractivity contribution in [2.45, 2.75) is 20.0 Å². The van der Waals surface area contributed by atoms with Crippen LogP contribution in [0.15, 0.2) is 29.0 Å². The van der Waals surface area contributed by atoms with Gasteiger partial charge in [0.1, 0.15) is 0 Å². The molecule has 0 saturated carbocycles. The Morgan fingerprint density at radius 1 is 1.38 bits per heavy atom. The number of hydrogen-bond donors (Lipinski definition) is 1. The van der Waals surface area contributed by atoms with E-state index in [0.29, 0.717) is 18.9 Å². The van der Waals surface area contributed by atoms with E-state index in [1.807, 2.05) is 24.0 Å². The highest BCUT2D eigenvalue weighted by Crippen LogP contribution is 2.33. The lowest BCUT2D eigenvalue weighted by atomic mass is 10.1. The van der Waals surface area contributed by atoms with Crippen LogP contribution in [-0.4, -0.2) is 24.3 Å². The van der Waals surface area contributed by atoms with Gasteiger partial charge in [0.05, 0.1) is 36.5 Å². The maximum atomic E-state index is 5.69. The van der Waals surface area contributed by atoms with Gasteiger partial charge in [-0.05, 0) is 25.1 Å². The Morgan fingerprint density at radius 3 is 3.05 bits per heavy atom. The topological polar surface area (TPSA) is 74.5 Å². The van der Waals surface area contributed by atoms with E-state index in [2.05, 4.69) is 47.7 Å². The second kappa shape index (κ2) is 4.51. The van der Waals surface area contributed by atoms with E-state index in [-0.39, 0.29) is 0 Å². The summed E-state index contributed by atoms with van der Waals surface area (Å²) in [5, 5.41) is 4.50. The van der Waals surface area contributed by atoms with Crippen LogP contribution in [0.3, 0.4) is 0 Å². The van der Waals surface area contributed by atoms with Crippen LogP contribution in [0.25, 0.3) is 17.1 Å². The third-order valence-corrected chi connectivity index (χ3v) is 4.23. The third kappa shape index (κ3) is 1.85. The molecule has 2 N–H and O–H groups in total. The molecule has 0 bridgehead atoms. The second-order valence-electron chi connectivity index (χ2n) is 5.02. The molecule has 0 unspecified atom stereocenters. The first kappa shape index (κ1) is 12.7. The molecule has 3 aromatic rings. The molecule has 6 nitrogen and oxygen atoms in total. The van der Waals surface area contributed by atoms with Crippen LogP contribution >= 0.6 is 15.9 Å². The van der Waals surface area contributed by atoms with Gasteiger partial charge in [-0.1, -0.05) is 15.9 Å². The van der Waals surface area contributed by atoms with Gasteiger partial charge in [-0.25, -0.2) is 14.6 Å². The molecule has 2 aromatic heterocycles. The van der Waals surface area contributed by atoms with E-state index in [1.54, 1.807) is 0 Å². The lowest BCUT2D eigenvalue weighted by molar-refractivity contribution is 0.661. The van der Waals surface area contributed by atoms with Gasteiger partial charge >= 0.3 is 0 Å². The molecule has 4 rings (SSSR count).